The standard InChI is InChI=1S/C11H14ClN3O/c12-9-2-1-8(5-10(9)13)6-15-4-3-14-11(16)7-15/h1-2,5H,3-4,6-7,13H2,(H,14,16). The molecule has 4 nitrogen and oxygen atoms in total. The van der Waals surface area contributed by atoms with E-state index in [9.17, 15) is 4.79 Å². The Bertz CT molecular complexity index is 408. The number of anilines is 1. The number of carbonyl (C=O) groups is 1. The monoisotopic (exact) mass is 239 g/mol. The minimum absolute atomic E-state index is 0.0770. The molecular formula is C11H14ClN3O. The summed E-state index contributed by atoms with van der Waals surface area (Å²) in [5.41, 5.74) is 7.39. The number of amides is 1. The second kappa shape index (κ2) is 4.72. The number of piperazine rings is 1. The van der Waals surface area contributed by atoms with E-state index in [4.69, 9.17) is 17.3 Å². The summed E-state index contributed by atoms with van der Waals surface area (Å²) in [4.78, 5) is 13.3. The van der Waals surface area contributed by atoms with E-state index < -0.39 is 0 Å². The Morgan fingerprint density at radius 3 is 3.00 bits per heavy atom. The Morgan fingerprint density at radius 2 is 2.31 bits per heavy atom. The maximum Gasteiger partial charge on any atom is 0.234 e. The van der Waals surface area contributed by atoms with Gasteiger partial charge in [0.05, 0.1) is 17.3 Å². The minimum atomic E-state index is 0.0770. The summed E-state index contributed by atoms with van der Waals surface area (Å²) in [6.45, 7) is 2.76. The highest BCUT2D eigenvalue weighted by atomic mass is 35.5. The average molecular weight is 240 g/mol. The van der Waals surface area contributed by atoms with E-state index in [1.807, 2.05) is 12.1 Å². The van der Waals surface area contributed by atoms with Gasteiger partial charge in [0.2, 0.25) is 5.91 Å². The highest BCUT2D eigenvalue weighted by Crippen LogP contribution is 2.20. The molecule has 5 heteroatoms. The first kappa shape index (κ1) is 11.2. The molecule has 1 aliphatic rings. The molecule has 0 spiro atoms. The molecule has 1 fully saturated rings. The van der Waals surface area contributed by atoms with Crippen LogP contribution in [0.25, 0.3) is 0 Å². The first-order valence-corrected chi connectivity index (χ1v) is 5.56. The van der Waals surface area contributed by atoms with Gasteiger partial charge in [-0.05, 0) is 17.7 Å². The normalized spacial score (nSPS) is 17.2. The summed E-state index contributed by atoms with van der Waals surface area (Å²) in [6.07, 6.45) is 0. The number of nitrogen functional groups attached to an aromatic ring is 1. The van der Waals surface area contributed by atoms with Crippen LogP contribution in [0.5, 0.6) is 0 Å². The molecule has 16 heavy (non-hydrogen) atoms. The molecule has 1 heterocycles. The number of carbonyl (C=O) groups excluding carboxylic acids is 1. The van der Waals surface area contributed by atoms with E-state index in [2.05, 4.69) is 10.2 Å². The maximum absolute atomic E-state index is 11.2. The molecule has 0 unspecified atom stereocenters. The molecule has 0 aromatic heterocycles. The fraction of sp³-hybridized carbons (Fsp3) is 0.364. The van der Waals surface area contributed by atoms with Crippen LogP contribution < -0.4 is 11.1 Å². The molecule has 3 N–H and O–H groups in total. The van der Waals surface area contributed by atoms with Crippen molar-refractivity contribution in [2.45, 2.75) is 6.54 Å². The Balaban J connectivity index is 2.03. The highest BCUT2D eigenvalue weighted by Gasteiger charge is 2.16. The van der Waals surface area contributed by atoms with Gasteiger partial charge in [0.15, 0.2) is 0 Å². The van der Waals surface area contributed by atoms with Crippen molar-refractivity contribution in [3.63, 3.8) is 0 Å². The van der Waals surface area contributed by atoms with Crippen LogP contribution in [0.15, 0.2) is 18.2 Å². The third-order valence-corrected chi connectivity index (χ3v) is 2.93. The first-order chi connectivity index (χ1) is 7.65. The number of nitrogens with one attached hydrogen (secondary N) is 1. The number of nitrogens with two attached hydrogens (primary N) is 1. The lowest BCUT2D eigenvalue weighted by atomic mass is 10.2. The smallest absolute Gasteiger partial charge is 0.234 e. The Hall–Kier alpha value is -1.26. The van der Waals surface area contributed by atoms with Crippen molar-refractivity contribution in [3.05, 3.63) is 28.8 Å². The zero-order valence-electron chi connectivity index (χ0n) is 8.87. The van der Waals surface area contributed by atoms with Crippen molar-refractivity contribution < 1.29 is 4.79 Å². The van der Waals surface area contributed by atoms with Crippen LogP contribution >= 0.6 is 11.6 Å². The average Bonchev–Trinajstić information content (AvgIpc) is 2.24. The zero-order valence-corrected chi connectivity index (χ0v) is 9.63. The molecule has 1 aromatic rings. The van der Waals surface area contributed by atoms with Gasteiger partial charge in [-0.25, -0.2) is 0 Å². The van der Waals surface area contributed by atoms with Gasteiger partial charge < -0.3 is 11.1 Å². The number of hydrogen-bond acceptors (Lipinski definition) is 3. The molecule has 0 saturated carbocycles. The van der Waals surface area contributed by atoms with Crippen LogP contribution in [0.2, 0.25) is 5.02 Å². The fourth-order valence-electron chi connectivity index (χ4n) is 1.78. The van der Waals surface area contributed by atoms with Gasteiger partial charge >= 0.3 is 0 Å². The van der Waals surface area contributed by atoms with Crippen molar-refractivity contribution in [2.75, 3.05) is 25.4 Å². The Kier molecular flexibility index (Phi) is 3.31. The van der Waals surface area contributed by atoms with Crippen molar-refractivity contribution in [1.29, 1.82) is 0 Å². The Labute approximate surface area is 99.4 Å². The molecule has 0 atom stereocenters. The summed E-state index contributed by atoms with van der Waals surface area (Å²) >= 11 is 5.84. The van der Waals surface area contributed by atoms with E-state index >= 15 is 0 Å². The summed E-state index contributed by atoms with van der Waals surface area (Å²) < 4.78 is 0. The third kappa shape index (κ3) is 2.65. The SMILES string of the molecule is Nc1cc(CN2CCNC(=O)C2)ccc1Cl. The number of benzene rings is 1. The molecule has 2 rings (SSSR count). The second-order valence-electron chi connectivity index (χ2n) is 3.92. The van der Waals surface area contributed by atoms with Crippen molar-refractivity contribution in [1.82, 2.24) is 10.2 Å². The van der Waals surface area contributed by atoms with Gasteiger partial charge in [0, 0.05) is 19.6 Å². The topological polar surface area (TPSA) is 58.4 Å². The van der Waals surface area contributed by atoms with Gasteiger partial charge in [-0.2, -0.15) is 0 Å². The van der Waals surface area contributed by atoms with Crippen molar-refractivity contribution >= 4 is 23.2 Å². The number of nitrogens with zero attached hydrogens (tertiary/aromatic N) is 1. The molecule has 1 aromatic carbocycles. The molecule has 86 valence electrons. The predicted molar refractivity (Wildman–Crippen MR) is 64.2 cm³/mol. The summed E-state index contributed by atoms with van der Waals surface area (Å²) in [6, 6.07) is 5.58. The number of hydrogen-bond donors (Lipinski definition) is 2. The minimum Gasteiger partial charge on any atom is -0.398 e. The number of halogens is 1. The second-order valence-corrected chi connectivity index (χ2v) is 4.32. The van der Waals surface area contributed by atoms with E-state index in [-0.39, 0.29) is 5.91 Å². The van der Waals surface area contributed by atoms with Gasteiger partial charge in [-0.3, -0.25) is 9.69 Å². The van der Waals surface area contributed by atoms with Gasteiger partial charge in [-0.1, -0.05) is 17.7 Å². The summed E-state index contributed by atoms with van der Waals surface area (Å²) in [5, 5.41) is 3.36. The molecular weight excluding hydrogens is 226 g/mol. The fourth-order valence-corrected chi connectivity index (χ4v) is 1.89. The molecule has 0 radical (unpaired) electrons. The third-order valence-electron chi connectivity index (χ3n) is 2.58. The van der Waals surface area contributed by atoms with E-state index in [0.29, 0.717) is 23.8 Å². The first-order valence-electron chi connectivity index (χ1n) is 5.18. The van der Waals surface area contributed by atoms with Crippen LogP contribution in [0, 0.1) is 0 Å². The molecule has 1 amide bonds. The maximum atomic E-state index is 11.2. The number of rotatable bonds is 2. The van der Waals surface area contributed by atoms with Crippen LogP contribution in [0.3, 0.4) is 0 Å². The van der Waals surface area contributed by atoms with Gasteiger partial charge in [0.1, 0.15) is 0 Å². The van der Waals surface area contributed by atoms with E-state index in [0.717, 1.165) is 18.7 Å². The van der Waals surface area contributed by atoms with E-state index in [1.165, 1.54) is 0 Å². The zero-order chi connectivity index (χ0) is 11.5. The van der Waals surface area contributed by atoms with Crippen LogP contribution in [-0.4, -0.2) is 30.4 Å². The molecule has 0 aliphatic carbocycles. The van der Waals surface area contributed by atoms with Gasteiger partial charge in [0.25, 0.3) is 0 Å². The lowest BCUT2D eigenvalue weighted by Gasteiger charge is -2.26. The van der Waals surface area contributed by atoms with Gasteiger partial charge in [-0.15, -0.1) is 0 Å². The predicted octanol–water partition coefficient (Wildman–Crippen LogP) is 0.854. The lowest BCUT2D eigenvalue weighted by Crippen LogP contribution is -2.47. The lowest BCUT2D eigenvalue weighted by molar-refractivity contribution is -0.124. The molecule has 1 aliphatic heterocycles. The van der Waals surface area contributed by atoms with Crippen LogP contribution in [-0.2, 0) is 11.3 Å². The molecule has 0 bridgehead atoms. The summed E-state index contributed by atoms with van der Waals surface area (Å²) in [5.74, 6) is 0.0770. The van der Waals surface area contributed by atoms with Crippen molar-refractivity contribution in [2.24, 2.45) is 0 Å². The quantitative estimate of drug-likeness (QED) is 0.753. The van der Waals surface area contributed by atoms with Crippen molar-refractivity contribution in [3.8, 4) is 0 Å². The van der Waals surface area contributed by atoms with Crippen LogP contribution in [0.4, 0.5) is 5.69 Å². The largest absolute Gasteiger partial charge is 0.398 e. The molecule has 1 saturated heterocycles. The highest BCUT2D eigenvalue weighted by molar-refractivity contribution is 6.33. The summed E-state index contributed by atoms with van der Waals surface area (Å²) in [7, 11) is 0. The van der Waals surface area contributed by atoms with Crippen LogP contribution in [0.1, 0.15) is 5.56 Å². The van der Waals surface area contributed by atoms with E-state index in [1.54, 1.807) is 6.07 Å². The Morgan fingerprint density at radius 1 is 1.50 bits per heavy atom.